The summed E-state index contributed by atoms with van der Waals surface area (Å²) in [6.07, 6.45) is 0.301. The Bertz CT molecular complexity index is 339. The number of Topliss-reactive ketones (excluding diaryl/α,β-unsaturated/α-hetero) is 1. The minimum Gasteiger partial charge on any atom is -0.300 e. The molecule has 60 valence electrons. The van der Waals surface area contributed by atoms with Crippen molar-refractivity contribution in [1.82, 2.24) is 4.98 Å². The van der Waals surface area contributed by atoms with Crippen molar-refractivity contribution in [2.75, 3.05) is 0 Å². The Balaban J connectivity index is 2.88. The maximum atomic E-state index is 10.7. The van der Waals surface area contributed by atoms with E-state index in [0.29, 0.717) is 17.8 Å². The first kappa shape index (κ1) is 8.41. The number of pyridine rings is 1. The Hall–Kier alpha value is -1.69. The molecule has 0 bridgehead atoms. The van der Waals surface area contributed by atoms with Crippen LogP contribution in [0.4, 0.5) is 0 Å². The summed E-state index contributed by atoms with van der Waals surface area (Å²) in [5.74, 6) is 0.0533. The summed E-state index contributed by atoms with van der Waals surface area (Å²) in [7, 11) is 0. The molecule has 3 nitrogen and oxygen atoms in total. The van der Waals surface area contributed by atoms with Crippen molar-refractivity contribution in [3.63, 3.8) is 0 Å². The second-order valence-electron chi connectivity index (χ2n) is 2.50. The van der Waals surface area contributed by atoms with Crippen LogP contribution in [0.5, 0.6) is 0 Å². The molecular formula is C9H8N2O. The summed E-state index contributed by atoms with van der Waals surface area (Å²) < 4.78 is 0. The highest BCUT2D eigenvalue weighted by Crippen LogP contribution is 1.99. The van der Waals surface area contributed by atoms with E-state index >= 15 is 0 Å². The molecule has 0 saturated carbocycles. The Morgan fingerprint density at radius 2 is 2.42 bits per heavy atom. The zero-order valence-corrected chi connectivity index (χ0v) is 6.74. The van der Waals surface area contributed by atoms with Crippen molar-refractivity contribution in [2.45, 2.75) is 13.3 Å². The van der Waals surface area contributed by atoms with Gasteiger partial charge in [-0.2, -0.15) is 5.26 Å². The average molecular weight is 160 g/mol. The second-order valence-corrected chi connectivity index (χ2v) is 2.50. The van der Waals surface area contributed by atoms with Crippen molar-refractivity contribution < 1.29 is 4.79 Å². The lowest BCUT2D eigenvalue weighted by Crippen LogP contribution is -1.99. The summed E-state index contributed by atoms with van der Waals surface area (Å²) in [6, 6.07) is 7.00. The molecule has 1 heterocycles. The summed E-state index contributed by atoms with van der Waals surface area (Å²) in [5, 5.41) is 8.50. The smallest absolute Gasteiger partial charge is 0.140 e. The van der Waals surface area contributed by atoms with Gasteiger partial charge in [0, 0.05) is 12.1 Å². The van der Waals surface area contributed by atoms with Crippen molar-refractivity contribution in [3.05, 3.63) is 29.6 Å². The molecule has 1 rings (SSSR count). The van der Waals surface area contributed by atoms with Crippen LogP contribution in [0.15, 0.2) is 18.2 Å². The van der Waals surface area contributed by atoms with Crippen molar-refractivity contribution in [1.29, 1.82) is 5.26 Å². The van der Waals surface area contributed by atoms with Gasteiger partial charge in [0.05, 0.1) is 0 Å². The summed E-state index contributed by atoms with van der Waals surface area (Å²) in [6.45, 7) is 1.50. The fourth-order valence-corrected chi connectivity index (χ4v) is 0.895. The van der Waals surface area contributed by atoms with Crippen LogP contribution >= 0.6 is 0 Å². The lowest BCUT2D eigenvalue weighted by atomic mass is 10.2. The predicted octanol–water partition coefficient (Wildman–Crippen LogP) is 1.08. The van der Waals surface area contributed by atoms with E-state index in [1.54, 1.807) is 18.2 Å². The van der Waals surface area contributed by atoms with Gasteiger partial charge in [-0.05, 0) is 19.1 Å². The van der Waals surface area contributed by atoms with E-state index in [0.717, 1.165) is 0 Å². The molecule has 0 aliphatic heterocycles. The minimum atomic E-state index is 0.0533. The first-order valence-electron chi connectivity index (χ1n) is 3.58. The van der Waals surface area contributed by atoms with Crippen molar-refractivity contribution in [2.24, 2.45) is 0 Å². The molecular weight excluding hydrogens is 152 g/mol. The number of aromatic nitrogens is 1. The summed E-state index contributed by atoms with van der Waals surface area (Å²) >= 11 is 0. The van der Waals surface area contributed by atoms with E-state index in [-0.39, 0.29) is 5.78 Å². The van der Waals surface area contributed by atoms with Crippen LogP contribution in [0.1, 0.15) is 18.3 Å². The molecule has 0 amide bonds. The molecule has 0 atom stereocenters. The Labute approximate surface area is 70.7 Å². The lowest BCUT2D eigenvalue weighted by molar-refractivity contribution is -0.116. The highest BCUT2D eigenvalue weighted by atomic mass is 16.1. The molecule has 0 N–H and O–H groups in total. The maximum absolute atomic E-state index is 10.7. The zero-order valence-electron chi connectivity index (χ0n) is 6.74. The van der Waals surface area contributed by atoms with Gasteiger partial charge in [-0.15, -0.1) is 0 Å². The maximum Gasteiger partial charge on any atom is 0.140 e. The van der Waals surface area contributed by atoms with E-state index < -0.39 is 0 Å². The topological polar surface area (TPSA) is 53.8 Å². The van der Waals surface area contributed by atoms with Gasteiger partial charge < -0.3 is 0 Å². The van der Waals surface area contributed by atoms with Crippen molar-refractivity contribution in [3.8, 4) is 6.07 Å². The van der Waals surface area contributed by atoms with Crippen LogP contribution in [-0.2, 0) is 11.2 Å². The molecule has 0 saturated heterocycles. The van der Waals surface area contributed by atoms with Gasteiger partial charge in [-0.1, -0.05) is 6.07 Å². The molecule has 0 aliphatic rings. The van der Waals surface area contributed by atoms with Gasteiger partial charge >= 0.3 is 0 Å². The van der Waals surface area contributed by atoms with Crippen LogP contribution in [0, 0.1) is 11.3 Å². The number of nitriles is 1. The summed E-state index contributed by atoms with van der Waals surface area (Å²) in [4.78, 5) is 14.6. The van der Waals surface area contributed by atoms with Crippen LogP contribution in [0.2, 0.25) is 0 Å². The third-order valence-electron chi connectivity index (χ3n) is 1.35. The Morgan fingerprint density at radius 1 is 1.67 bits per heavy atom. The van der Waals surface area contributed by atoms with Gasteiger partial charge in [0.2, 0.25) is 0 Å². The highest BCUT2D eigenvalue weighted by molar-refractivity contribution is 5.77. The number of carbonyl (C=O) groups excluding carboxylic acids is 1. The quantitative estimate of drug-likeness (QED) is 0.650. The van der Waals surface area contributed by atoms with E-state index in [4.69, 9.17) is 5.26 Å². The van der Waals surface area contributed by atoms with Crippen LogP contribution in [0.25, 0.3) is 0 Å². The van der Waals surface area contributed by atoms with E-state index in [1.807, 2.05) is 6.07 Å². The first-order valence-corrected chi connectivity index (χ1v) is 3.58. The monoisotopic (exact) mass is 160 g/mol. The standard InChI is InChI=1S/C9H8N2O/c1-7(12)5-8-3-2-4-9(6-10)11-8/h2-4H,5H2,1H3. The van der Waals surface area contributed by atoms with Gasteiger partial charge in [0.15, 0.2) is 0 Å². The van der Waals surface area contributed by atoms with E-state index in [2.05, 4.69) is 4.98 Å². The van der Waals surface area contributed by atoms with Crippen LogP contribution in [0.3, 0.4) is 0 Å². The molecule has 0 fully saturated rings. The van der Waals surface area contributed by atoms with E-state index in [9.17, 15) is 4.79 Å². The number of hydrogen-bond donors (Lipinski definition) is 0. The number of nitrogens with zero attached hydrogens (tertiary/aromatic N) is 2. The average Bonchev–Trinajstić information content (AvgIpc) is 2.03. The van der Waals surface area contributed by atoms with Crippen LogP contribution < -0.4 is 0 Å². The highest BCUT2D eigenvalue weighted by Gasteiger charge is 1.99. The number of hydrogen-bond acceptors (Lipinski definition) is 3. The molecule has 1 aromatic heterocycles. The van der Waals surface area contributed by atoms with E-state index in [1.165, 1.54) is 6.92 Å². The number of ketones is 1. The molecule has 0 radical (unpaired) electrons. The van der Waals surface area contributed by atoms with Crippen LogP contribution in [-0.4, -0.2) is 10.8 Å². The normalized spacial score (nSPS) is 9.00. The predicted molar refractivity (Wildman–Crippen MR) is 43.3 cm³/mol. The van der Waals surface area contributed by atoms with Gasteiger partial charge in [-0.3, -0.25) is 4.79 Å². The lowest BCUT2D eigenvalue weighted by Gasteiger charge is -1.95. The van der Waals surface area contributed by atoms with Gasteiger partial charge in [0.25, 0.3) is 0 Å². The molecule has 3 heteroatoms. The third-order valence-corrected chi connectivity index (χ3v) is 1.35. The molecule has 12 heavy (non-hydrogen) atoms. The molecule has 0 aliphatic carbocycles. The number of rotatable bonds is 2. The zero-order chi connectivity index (χ0) is 8.97. The SMILES string of the molecule is CC(=O)Cc1cccc(C#N)n1. The second kappa shape index (κ2) is 3.63. The molecule has 1 aromatic rings. The van der Waals surface area contributed by atoms with Gasteiger partial charge in [0.1, 0.15) is 17.5 Å². The Morgan fingerprint density at radius 3 is 3.00 bits per heavy atom. The largest absolute Gasteiger partial charge is 0.300 e. The Kier molecular flexibility index (Phi) is 2.54. The fraction of sp³-hybridized carbons (Fsp3) is 0.222. The molecule has 0 aromatic carbocycles. The summed E-state index contributed by atoms with van der Waals surface area (Å²) in [5.41, 5.74) is 1.01. The minimum absolute atomic E-state index is 0.0533. The number of carbonyl (C=O) groups is 1. The van der Waals surface area contributed by atoms with Crippen molar-refractivity contribution >= 4 is 5.78 Å². The molecule has 0 unspecified atom stereocenters. The first-order chi connectivity index (χ1) is 5.72. The fourth-order valence-electron chi connectivity index (χ4n) is 0.895. The van der Waals surface area contributed by atoms with Gasteiger partial charge in [-0.25, -0.2) is 4.98 Å². The molecule has 0 spiro atoms. The third kappa shape index (κ3) is 2.17.